The van der Waals surface area contributed by atoms with Crippen molar-refractivity contribution in [2.75, 3.05) is 6.54 Å². The van der Waals surface area contributed by atoms with Crippen LogP contribution in [0.3, 0.4) is 0 Å². The summed E-state index contributed by atoms with van der Waals surface area (Å²) in [6, 6.07) is 4.90. The molecule has 6 heteroatoms. The van der Waals surface area contributed by atoms with Gasteiger partial charge in [-0.15, -0.1) is 0 Å². The molecule has 6 rings (SSSR count). The van der Waals surface area contributed by atoms with Gasteiger partial charge in [0.25, 0.3) is 0 Å². The maximum absolute atomic E-state index is 12.8. The van der Waals surface area contributed by atoms with Crippen LogP contribution in [0.5, 0.6) is 5.75 Å². The molecule has 1 heterocycles. The maximum atomic E-state index is 12.8. The molecule has 5 nitrogen and oxygen atoms in total. The first-order chi connectivity index (χ1) is 12.5. The van der Waals surface area contributed by atoms with Crippen LogP contribution in [-0.2, 0) is 14.4 Å². The van der Waals surface area contributed by atoms with Crippen molar-refractivity contribution in [2.45, 2.75) is 13.3 Å². The van der Waals surface area contributed by atoms with E-state index in [4.69, 9.17) is 16.3 Å². The highest BCUT2D eigenvalue weighted by Gasteiger charge is 2.67. The van der Waals surface area contributed by atoms with E-state index in [1.54, 1.807) is 18.2 Å². The fourth-order valence-electron chi connectivity index (χ4n) is 5.15. The van der Waals surface area contributed by atoms with Crippen molar-refractivity contribution in [2.24, 2.45) is 35.5 Å². The third-order valence-corrected chi connectivity index (χ3v) is 6.83. The van der Waals surface area contributed by atoms with Gasteiger partial charge < -0.3 is 4.74 Å². The Morgan fingerprint density at radius 2 is 1.77 bits per heavy atom. The number of esters is 1. The normalized spacial score (nSPS) is 36.2. The molecule has 2 bridgehead atoms. The van der Waals surface area contributed by atoms with Crippen molar-refractivity contribution in [1.82, 2.24) is 4.90 Å². The summed E-state index contributed by atoms with van der Waals surface area (Å²) in [6.07, 6.45) is 5.35. The van der Waals surface area contributed by atoms with E-state index in [1.165, 1.54) is 0 Å². The number of likely N-dealkylation sites (tertiary alicyclic amines) is 1. The zero-order chi connectivity index (χ0) is 18.2. The topological polar surface area (TPSA) is 63.7 Å². The molecule has 0 N–H and O–H groups in total. The van der Waals surface area contributed by atoms with Crippen molar-refractivity contribution in [3.63, 3.8) is 0 Å². The Morgan fingerprint density at radius 1 is 1.15 bits per heavy atom. The number of nitrogens with zero attached hydrogens (tertiary/aromatic N) is 1. The molecule has 6 atom stereocenters. The number of amides is 2. The molecule has 1 aliphatic heterocycles. The Balaban J connectivity index is 1.32. The second kappa shape index (κ2) is 5.43. The van der Waals surface area contributed by atoms with E-state index in [9.17, 15) is 14.4 Å². The number of imide groups is 1. The van der Waals surface area contributed by atoms with Crippen LogP contribution in [0.2, 0.25) is 5.02 Å². The Bertz CT molecular complexity index is 843. The monoisotopic (exact) mass is 371 g/mol. The van der Waals surface area contributed by atoms with E-state index in [-0.39, 0.29) is 42.0 Å². The van der Waals surface area contributed by atoms with Gasteiger partial charge in [0.15, 0.2) is 0 Å². The average molecular weight is 372 g/mol. The second-order valence-corrected chi connectivity index (χ2v) is 8.21. The summed E-state index contributed by atoms with van der Waals surface area (Å²) in [4.78, 5) is 39.1. The molecular weight excluding hydrogens is 354 g/mol. The molecule has 5 aliphatic rings. The van der Waals surface area contributed by atoms with Crippen molar-refractivity contribution in [3.05, 3.63) is 40.9 Å². The van der Waals surface area contributed by atoms with Gasteiger partial charge in [-0.1, -0.05) is 23.8 Å². The number of hydrogen-bond acceptors (Lipinski definition) is 4. The zero-order valence-electron chi connectivity index (χ0n) is 14.2. The smallest absolute Gasteiger partial charge is 0.331 e. The molecule has 2 saturated carbocycles. The molecule has 0 radical (unpaired) electrons. The van der Waals surface area contributed by atoms with Crippen molar-refractivity contribution in [1.29, 1.82) is 0 Å². The molecular formula is C20H18ClNO4. The number of halogens is 1. The number of hydrogen-bond donors (Lipinski definition) is 0. The Kier molecular flexibility index (Phi) is 3.35. The first-order valence-electron chi connectivity index (χ1n) is 8.96. The minimum absolute atomic E-state index is 0.159. The van der Waals surface area contributed by atoms with Gasteiger partial charge in [-0.2, -0.15) is 0 Å². The highest BCUT2D eigenvalue weighted by Crippen LogP contribution is 2.65. The van der Waals surface area contributed by atoms with E-state index < -0.39 is 5.97 Å². The van der Waals surface area contributed by atoms with E-state index in [1.807, 2.05) is 6.92 Å². The SMILES string of the molecule is Cc1cc(OC(=O)CN2C(=O)C3C4C=CC(C5CC45)C3C2=O)ccc1Cl. The fourth-order valence-corrected chi connectivity index (χ4v) is 5.27. The summed E-state index contributed by atoms with van der Waals surface area (Å²) in [5.74, 6) is 0.159. The number of rotatable bonds is 3. The standard InChI is InChI=1S/C20H18ClNO4/c1-9-6-10(2-5-15(9)21)26-16(23)8-22-19(24)17-11-3-4-12(14-7-13(11)14)18(17)20(22)25/h2-6,11-14,17-18H,7-8H2,1H3. The summed E-state index contributed by atoms with van der Waals surface area (Å²) in [5, 5.41) is 0.584. The fraction of sp³-hybridized carbons (Fsp3) is 0.450. The average Bonchev–Trinajstić information content (AvgIpc) is 3.39. The van der Waals surface area contributed by atoms with Gasteiger partial charge in [-0.25, -0.2) is 4.79 Å². The lowest BCUT2D eigenvalue weighted by molar-refractivity contribution is -0.148. The van der Waals surface area contributed by atoms with Gasteiger partial charge in [0.05, 0.1) is 11.8 Å². The predicted molar refractivity (Wildman–Crippen MR) is 93.2 cm³/mol. The Labute approximate surface area is 155 Å². The lowest BCUT2D eigenvalue weighted by Crippen LogP contribution is -2.40. The second-order valence-electron chi connectivity index (χ2n) is 7.80. The van der Waals surface area contributed by atoms with Gasteiger partial charge in [-0.05, 0) is 60.8 Å². The number of carbonyl (C=O) groups excluding carboxylic acids is 3. The molecule has 3 fully saturated rings. The summed E-state index contributed by atoms with van der Waals surface area (Å²) in [7, 11) is 0. The minimum atomic E-state index is -0.613. The van der Waals surface area contributed by atoms with E-state index in [0.717, 1.165) is 16.9 Å². The van der Waals surface area contributed by atoms with Crippen molar-refractivity contribution in [3.8, 4) is 5.75 Å². The first-order valence-corrected chi connectivity index (χ1v) is 9.34. The third kappa shape index (κ3) is 2.19. The van der Waals surface area contributed by atoms with Gasteiger partial charge >= 0.3 is 5.97 Å². The number of allylic oxidation sites excluding steroid dienone is 2. The molecule has 0 aromatic heterocycles. The molecule has 0 spiro atoms. The number of carbonyl (C=O) groups is 3. The van der Waals surface area contributed by atoms with E-state index in [0.29, 0.717) is 22.6 Å². The molecule has 1 aromatic rings. The highest BCUT2D eigenvalue weighted by molar-refractivity contribution is 6.31. The quantitative estimate of drug-likeness (QED) is 0.354. The van der Waals surface area contributed by atoms with Crippen LogP contribution in [-0.4, -0.2) is 29.2 Å². The summed E-state index contributed by atoms with van der Waals surface area (Å²) in [5.41, 5.74) is 0.790. The van der Waals surface area contributed by atoms with Gasteiger partial charge in [0.2, 0.25) is 11.8 Å². The molecule has 6 unspecified atom stereocenters. The van der Waals surface area contributed by atoms with Gasteiger partial charge in [-0.3, -0.25) is 14.5 Å². The number of aryl methyl sites for hydroxylation is 1. The molecule has 26 heavy (non-hydrogen) atoms. The van der Waals surface area contributed by atoms with Crippen LogP contribution < -0.4 is 4.74 Å². The number of ether oxygens (including phenoxy) is 1. The van der Waals surface area contributed by atoms with Crippen LogP contribution in [0.4, 0.5) is 0 Å². The molecule has 4 aliphatic carbocycles. The summed E-state index contributed by atoms with van der Waals surface area (Å²) < 4.78 is 5.30. The van der Waals surface area contributed by atoms with Crippen molar-refractivity contribution < 1.29 is 19.1 Å². The molecule has 1 saturated heterocycles. The summed E-state index contributed by atoms with van der Waals surface area (Å²) in [6.45, 7) is 1.48. The predicted octanol–water partition coefficient (Wildman–Crippen LogP) is 2.61. The van der Waals surface area contributed by atoms with Crippen LogP contribution in [0.25, 0.3) is 0 Å². The van der Waals surface area contributed by atoms with Gasteiger partial charge in [0.1, 0.15) is 12.3 Å². The zero-order valence-corrected chi connectivity index (χ0v) is 15.0. The Hall–Kier alpha value is -2.14. The maximum Gasteiger partial charge on any atom is 0.331 e. The van der Waals surface area contributed by atoms with E-state index >= 15 is 0 Å². The van der Waals surface area contributed by atoms with Crippen LogP contribution in [0.15, 0.2) is 30.4 Å². The van der Waals surface area contributed by atoms with Crippen LogP contribution >= 0.6 is 11.6 Å². The lowest BCUT2D eigenvalue weighted by Gasteiger charge is -2.37. The number of benzene rings is 1. The lowest BCUT2D eigenvalue weighted by atomic mass is 9.63. The van der Waals surface area contributed by atoms with E-state index in [2.05, 4.69) is 12.2 Å². The minimum Gasteiger partial charge on any atom is -0.425 e. The Morgan fingerprint density at radius 3 is 2.35 bits per heavy atom. The van der Waals surface area contributed by atoms with Crippen molar-refractivity contribution >= 4 is 29.4 Å². The third-order valence-electron chi connectivity index (χ3n) is 6.40. The molecule has 134 valence electrons. The van der Waals surface area contributed by atoms with Crippen LogP contribution in [0.1, 0.15) is 12.0 Å². The highest BCUT2D eigenvalue weighted by atomic mass is 35.5. The summed E-state index contributed by atoms with van der Waals surface area (Å²) >= 11 is 5.97. The first kappa shape index (κ1) is 16.1. The molecule has 1 aromatic carbocycles. The molecule has 2 amide bonds. The largest absolute Gasteiger partial charge is 0.425 e. The van der Waals surface area contributed by atoms with Gasteiger partial charge in [0, 0.05) is 5.02 Å². The van der Waals surface area contributed by atoms with Crippen LogP contribution in [0, 0.1) is 42.4 Å².